The zero-order valence-electron chi connectivity index (χ0n) is 13.3. The zero-order chi connectivity index (χ0) is 18.1. The van der Waals surface area contributed by atoms with Crippen LogP contribution in [0.5, 0.6) is 0 Å². The number of nitrogens with zero attached hydrogens (tertiary/aromatic N) is 2. The summed E-state index contributed by atoms with van der Waals surface area (Å²) >= 11 is 0. The van der Waals surface area contributed by atoms with Crippen molar-refractivity contribution < 1.29 is 12.8 Å². The van der Waals surface area contributed by atoms with Gasteiger partial charge in [-0.25, -0.2) is 17.8 Å². The van der Waals surface area contributed by atoms with Gasteiger partial charge in [0.15, 0.2) is 5.82 Å². The van der Waals surface area contributed by atoms with Gasteiger partial charge in [-0.1, -0.05) is 18.2 Å². The highest BCUT2D eigenvalue weighted by molar-refractivity contribution is 7.92. The van der Waals surface area contributed by atoms with Gasteiger partial charge in [-0.2, -0.15) is 0 Å². The first kappa shape index (κ1) is 16.2. The van der Waals surface area contributed by atoms with E-state index in [1.165, 1.54) is 30.3 Å². The summed E-state index contributed by atoms with van der Waals surface area (Å²) in [6.45, 7) is 0. The predicted octanol–water partition coefficient (Wildman–Crippen LogP) is 3.56. The van der Waals surface area contributed by atoms with E-state index in [9.17, 15) is 12.8 Å². The summed E-state index contributed by atoms with van der Waals surface area (Å²) in [6.07, 6.45) is 1.65. The number of sulfonamides is 1. The second-order valence-corrected chi connectivity index (χ2v) is 7.25. The molecule has 0 aliphatic carbocycles. The topological polar surface area (TPSA) is 87.7 Å². The van der Waals surface area contributed by atoms with E-state index in [1.807, 2.05) is 6.07 Å². The van der Waals surface area contributed by atoms with Crippen molar-refractivity contribution >= 4 is 26.7 Å². The van der Waals surface area contributed by atoms with Gasteiger partial charge in [-0.05, 0) is 42.5 Å². The number of H-pyrrole nitrogens is 1. The van der Waals surface area contributed by atoms with E-state index in [1.54, 1.807) is 30.5 Å². The molecule has 0 bridgehead atoms. The third-order valence-electron chi connectivity index (χ3n) is 3.79. The van der Waals surface area contributed by atoms with Gasteiger partial charge in [0.05, 0.1) is 21.6 Å². The number of hydrogen-bond donors (Lipinski definition) is 2. The molecule has 130 valence electrons. The summed E-state index contributed by atoms with van der Waals surface area (Å²) in [5, 5.41) is 0. The summed E-state index contributed by atoms with van der Waals surface area (Å²) in [7, 11) is -3.94. The number of benzene rings is 2. The molecule has 2 heterocycles. The fourth-order valence-corrected chi connectivity index (χ4v) is 3.62. The largest absolute Gasteiger partial charge is 0.337 e. The Morgan fingerprint density at radius 2 is 1.81 bits per heavy atom. The van der Waals surface area contributed by atoms with Crippen molar-refractivity contribution in [2.45, 2.75) is 4.90 Å². The fraction of sp³-hybridized carbons (Fsp3) is 0. The zero-order valence-corrected chi connectivity index (χ0v) is 14.2. The minimum atomic E-state index is -3.94. The van der Waals surface area contributed by atoms with Crippen molar-refractivity contribution in [1.29, 1.82) is 0 Å². The number of aromatic nitrogens is 3. The van der Waals surface area contributed by atoms with Crippen LogP contribution in [0.15, 0.2) is 71.8 Å². The van der Waals surface area contributed by atoms with E-state index >= 15 is 0 Å². The molecule has 0 unspecified atom stereocenters. The normalized spacial score (nSPS) is 11.6. The molecule has 0 saturated heterocycles. The van der Waals surface area contributed by atoms with Crippen LogP contribution in [0.25, 0.3) is 22.6 Å². The monoisotopic (exact) mass is 368 g/mol. The van der Waals surface area contributed by atoms with E-state index in [4.69, 9.17) is 0 Å². The van der Waals surface area contributed by atoms with Crippen molar-refractivity contribution in [3.63, 3.8) is 0 Å². The van der Waals surface area contributed by atoms with Crippen LogP contribution in [0, 0.1) is 5.82 Å². The Balaban J connectivity index is 1.72. The van der Waals surface area contributed by atoms with E-state index in [0.29, 0.717) is 22.6 Å². The lowest BCUT2D eigenvalue weighted by molar-refractivity contribution is 0.598. The molecule has 0 fully saturated rings. The van der Waals surface area contributed by atoms with Crippen LogP contribution in [-0.2, 0) is 10.0 Å². The van der Waals surface area contributed by atoms with Gasteiger partial charge >= 0.3 is 0 Å². The maximum absolute atomic E-state index is 13.7. The lowest BCUT2D eigenvalue weighted by Crippen LogP contribution is -2.13. The van der Waals surface area contributed by atoms with Gasteiger partial charge in [0.1, 0.15) is 11.5 Å². The Morgan fingerprint density at radius 3 is 2.58 bits per heavy atom. The number of para-hydroxylation sites is 1. The molecule has 4 rings (SSSR count). The maximum atomic E-state index is 13.7. The quantitative estimate of drug-likeness (QED) is 0.576. The molecule has 0 aliphatic rings. The van der Waals surface area contributed by atoms with Crippen molar-refractivity contribution in [2.75, 3.05) is 4.72 Å². The molecule has 0 radical (unpaired) electrons. The van der Waals surface area contributed by atoms with Crippen molar-refractivity contribution in [3.8, 4) is 11.5 Å². The number of nitrogens with one attached hydrogen (secondary N) is 2. The minimum Gasteiger partial charge on any atom is -0.337 e. The maximum Gasteiger partial charge on any atom is 0.262 e. The van der Waals surface area contributed by atoms with Crippen LogP contribution in [0.2, 0.25) is 0 Å². The van der Waals surface area contributed by atoms with Gasteiger partial charge in [0, 0.05) is 6.20 Å². The Hall–Kier alpha value is -3.26. The third kappa shape index (κ3) is 3.02. The van der Waals surface area contributed by atoms with Crippen LogP contribution in [0.1, 0.15) is 0 Å². The molecule has 8 heteroatoms. The molecule has 2 N–H and O–H groups in total. The molecule has 0 saturated carbocycles. The Bertz CT molecular complexity index is 1190. The number of anilines is 1. The highest BCUT2D eigenvalue weighted by Crippen LogP contribution is 2.24. The number of hydrogen-bond acceptors (Lipinski definition) is 4. The minimum absolute atomic E-state index is 0.00414. The first-order chi connectivity index (χ1) is 12.5. The third-order valence-corrected chi connectivity index (χ3v) is 5.15. The van der Waals surface area contributed by atoms with Crippen LogP contribution in [0.3, 0.4) is 0 Å². The SMILES string of the molecule is O=S(=O)(Nc1ccccc1F)c1ccc2nc(-c3ccccn3)[nH]c2c1. The number of aromatic amines is 1. The molecule has 26 heavy (non-hydrogen) atoms. The van der Waals surface area contributed by atoms with E-state index in [-0.39, 0.29) is 10.6 Å². The molecule has 2 aromatic carbocycles. The molecule has 0 spiro atoms. The van der Waals surface area contributed by atoms with Gasteiger partial charge in [-0.3, -0.25) is 9.71 Å². The van der Waals surface area contributed by atoms with Gasteiger partial charge in [0.25, 0.3) is 10.0 Å². The van der Waals surface area contributed by atoms with Crippen LogP contribution in [0.4, 0.5) is 10.1 Å². The molecule has 4 aromatic rings. The lowest BCUT2D eigenvalue weighted by atomic mass is 10.3. The second-order valence-electron chi connectivity index (χ2n) is 5.56. The second kappa shape index (κ2) is 6.23. The van der Waals surface area contributed by atoms with Crippen molar-refractivity contribution in [1.82, 2.24) is 15.0 Å². The first-order valence-corrected chi connectivity index (χ1v) is 9.20. The molecular weight excluding hydrogens is 355 g/mol. The summed E-state index contributed by atoms with van der Waals surface area (Å²) in [6, 6.07) is 15.5. The number of pyridine rings is 1. The number of halogens is 1. The highest BCUT2D eigenvalue weighted by atomic mass is 32.2. The van der Waals surface area contributed by atoms with Gasteiger partial charge < -0.3 is 4.98 Å². The average molecular weight is 368 g/mol. The molecule has 0 atom stereocenters. The van der Waals surface area contributed by atoms with Gasteiger partial charge in [-0.15, -0.1) is 0 Å². The Kier molecular flexibility index (Phi) is 3.89. The number of imidazole rings is 1. The van der Waals surface area contributed by atoms with Crippen molar-refractivity contribution in [2.24, 2.45) is 0 Å². The summed E-state index contributed by atoms with van der Waals surface area (Å²) in [4.78, 5) is 11.7. The molecule has 2 aromatic heterocycles. The summed E-state index contributed by atoms with van der Waals surface area (Å²) in [5.74, 6) is -0.103. The van der Waals surface area contributed by atoms with Crippen LogP contribution >= 0.6 is 0 Å². The van der Waals surface area contributed by atoms with Crippen LogP contribution in [-0.4, -0.2) is 23.4 Å². The van der Waals surface area contributed by atoms with E-state index in [0.717, 1.165) is 0 Å². The summed E-state index contributed by atoms with van der Waals surface area (Å²) < 4.78 is 41.1. The Morgan fingerprint density at radius 1 is 1.00 bits per heavy atom. The van der Waals surface area contributed by atoms with E-state index in [2.05, 4.69) is 19.7 Å². The van der Waals surface area contributed by atoms with Crippen molar-refractivity contribution in [3.05, 3.63) is 72.7 Å². The van der Waals surface area contributed by atoms with Gasteiger partial charge in [0.2, 0.25) is 0 Å². The average Bonchev–Trinajstić information content (AvgIpc) is 3.07. The Labute approximate surface area is 148 Å². The fourth-order valence-electron chi connectivity index (χ4n) is 2.53. The molecule has 0 aliphatic heterocycles. The molecular formula is C18H13FN4O2S. The number of rotatable bonds is 4. The molecule has 6 nitrogen and oxygen atoms in total. The first-order valence-electron chi connectivity index (χ1n) is 7.71. The smallest absolute Gasteiger partial charge is 0.262 e. The van der Waals surface area contributed by atoms with E-state index < -0.39 is 15.8 Å². The highest BCUT2D eigenvalue weighted by Gasteiger charge is 2.17. The lowest BCUT2D eigenvalue weighted by Gasteiger charge is -2.08. The summed E-state index contributed by atoms with van der Waals surface area (Å²) in [5.41, 5.74) is 1.70. The standard InChI is InChI=1S/C18H13FN4O2S/c19-13-5-1-2-6-14(13)23-26(24,25)12-8-9-15-17(11-12)22-18(21-15)16-7-3-4-10-20-16/h1-11,23H,(H,21,22). The number of fused-ring (bicyclic) bond motifs is 1. The predicted molar refractivity (Wildman–Crippen MR) is 96.5 cm³/mol. The van der Waals surface area contributed by atoms with Crippen LogP contribution < -0.4 is 4.72 Å². The molecule has 0 amide bonds.